The highest BCUT2D eigenvalue weighted by Gasteiger charge is 2.06. The Bertz CT molecular complexity index is 753. The Labute approximate surface area is 123 Å². The normalized spacial score (nSPS) is 12.6. The van der Waals surface area contributed by atoms with E-state index in [4.69, 9.17) is 5.73 Å². The quantitative estimate of drug-likeness (QED) is 0.437. The van der Waals surface area contributed by atoms with Gasteiger partial charge >= 0.3 is 0 Å². The monoisotopic (exact) mass is 276 g/mol. The number of nitrogens with zero attached hydrogens (tertiary/aromatic N) is 2. The van der Waals surface area contributed by atoms with E-state index in [9.17, 15) is 0 Å². The van der Waals surface area contributed by atoms with Crippen molar-refractivity contribution in [1.29, 1.82) is 0 Å². The molecule has 4 nitrogen and oxygen atoms in total. The fraction of sp³-hybridized carbons (Fsp3) is 0.0588. The summed E-state index contributed by atoms with van der Waals surface area (Å²) >= 11 is 0. The van der Waals surface area contributed by atoms with Crippen LogP contribution in [0.25, 0.3) is 10.9 Å². The Kier molecular flexibility index (Phi) is 3.89. The summed E-state index contributed by atoms with van der Waals surface area (Å²) < 4.78 is 0. The molecule has 1 atom stereocenters. The van der Waals surface area contributed by atoms with Crippen LogP contribution in [0.5, 0.6) is 0 Å². The van der Waals surface area contributed by atoms with Crippen LogP contribution < -0.4 is 11.2 Å². The molecule has 0 bridgehead atoms. The van der Waals surface area contributed by atoms with Crippen LogP contribution in [-0.2, 0) is 0 Å². The van der Waals surface area contributed by atoms with Crippen molar-refractivity contribution in [3.8, 4) is 0 Å². The standard InChI is InChI=1S/C17H16N4/c18-17(21-19-12-13-6-2-1-3-7-13)16-11-10-14-8-4-5-9-15(14)20-16/h1-12,17,21H,18H2/b19-12+. The number of pyridine rings is 1. The minimum absolute atomic E-state index is 0.436. The largest absolute Gasteiger partial charge is 0.305 e. The maximum Gasteiger partial charge on any atom is 0.134 e. The molecular weight excluding hydrogens is 260 g/mol. The number of benzene rings is 2. The van der Waals surface area contributed by atoms with Crippen molar-refractivity contribution in [2.45, 2.75) is 6.17 Å². The molecule has 0 aliphatic heterocycles. The van der Waals surface area contributed by atoms with E-state index >= 15 is 0 Å². The average Bonchev–Trinajstić information content (AvgIpc) is 2.55. The summed E-state index contributed by atoms with van der Waals surface area (Å²) in [5, 5.41) is 5.26. The predicted octanol–water partition coefficient (Wildman–Crippen LogP) is 2.82. The van der Waals surface area contributed by atoms with Crippen molar-refractivity contribution in [3.63, 3.8) is 0 Å². The van der Waals surface area contributed by atoms with Gasteiger partial charge in [0, 0.05) is 5.39 Å². The van der Waals surface area contributed by atoms with Crippen molar-refractivity contribution in [3.05, 3.63) is 78.0 Å². The molecule has 0 radical (unpaired) electrons. The number of hydrogen-bond donors (Lipinski definition) is 2. The van der Waals surface area contributed by atoms with Gasteiger partial charge in [0.1, 0.15) is 6.17 Å². The molecular formula is C17H16N4. The van der Waals surface area contributed by atoms with Crippen LogP contribution in [0.15, 0.2) is 71.8 Å². The van der Waals surface area contributed by atoms with Crippen LogP contribution in [-0.4, -0.2) is 11.2 Å². The number of hydrazone groups is 1. The van der Waals surface area contributed by atoms with Crippen LogP contribution in [0, 0.1) is 0 Å². The Hall–Kier alpha value is -2.72. The van der Waals surface area contributed by atoms with Gasteiger partial charge in [0.15, 0.2) is 0 Å². The van der Waals surface area contributed by atoms with Gasteiger partial charge in [0.05, 0.1) is 17.4 Å². The van der Waals surface area contributed by atoms with Crippen LogP contribution in [0.1, 0.15) is 17.4 Å². The Morgan fingerprint density at radius 3 is 2.57 bits per heavy atom. The van der Waals surface area contributed by atoms with Crippen LogP contribution in [0.3, 0.4) is 0 Å². The Morgan fingerprint density at radius 1 is 0.952 bits per heavy atom. The molecule has 0 saturated heterocycles. The fourth-order valence-corrected chi connectivity index (χ4v) is 2.05. The van der Waals surface area contributed by atoms with E-state index in [0.29, 0.717) is 0 Å². The van der Waals surface area contributed by atoms with Crippen molar-refractivity contribution in [2.24, 2.45) is 10.8 Å². The van der Waals surface area contributed by atoms with E-state index in [1.54, 1.807) is 6.21 Å². The first kappa shape index (κ1) is 13.3. The maximum atomic E-state index is 6.06. The summed E-state index contributed by atoms with van der Waals surface area (Å²) in [6.45, 7) is 0. The highest BCUT2D eigenvalue weighted by Crippen LogP contribution is 2.14. The lowest BCUT2D eigenvalue weighted by molar-refractivity contribution is 0.568. The van der Waals surface area contributed by atoms with E-state index in [-0.39, 0.29) is 0 Å². The lowest BCUT2D eigenvalue weighted by Crippen LogP contribution is -2.25. The van der Waals surface area contributed by atoms with Gasteiger partial charge in [0.25, 0.3) is 0 Å². The zero-order valence-corrected chi connectivity index (χ0v) is 11.5. The number of para-hydroxylation sites is 1. The molecule has 3 N–H and O–H groups in total. The number of aromatic nitrogens is 1. The third-order valence-corrected chi connectivity index (χ3v) is 3.17. The van der Waals surface area contributed by atoms with Gasteiger partial charge < -0.3 is 5.73 Å². The molecule has 1 heterocycles. The molecule has 104 valence electrons. The van der Waals surface area contributed by atoms with E-state index in [0.717, 1.165) is 22.2 Å². The summed E-state index contributed by atoms with van der Waals surface area (Å²) in [6, 6.07) is 21.7. The fourth-order valence-electron chi connectivity index (χ4n) is 2.05. The van der Waals surface area contributed by atoms with Gasteiger partial charge in [-0.25, -0.2) is 4.98 Å². The predicted molar refractivity (Wildman–Crippen MR) is 85.8 cm³/mol. The molecule has 2 aromatic carbocycles. The minimum Gasteiger partial charge on any atom is -0.305 e. The number of nitrogens with one attached hydrogen (secondary N) is 1. The van der Waals surface area contributed by atoms with Gasteiger partial charge in [-0.1, -0.05) is 54.6 Å². The smallest absolute Gasteiger partial charge is 0.134 e. The molecule has 1 aromatic heterocycles. The zero-order valence-electron chi connectivity index (χ0n) is 11.5. The Balaban J connectivity index is 1.72. The molecule has 1 unspecified atom stereocenters. The van der Waals surface area contributed by atoms with Crippen LogP contribution in [0.4, 0.5) is 0 Å². The summed E-state index contributed by atoms with van der Waals surface area (Å²) in [5.74, 6) is 0. The van der Waals surface area contributed by atoms with Crippen LogP contribution >= 0.6 is 0 Å². The first-order valence-electron chi connectivity index (χ1n) is 6.78. The van der Waals surface area contributed by atoms with E-state index < -0.39 is 6.17 Å². The third-order valence-electron chi connectivity index (χ3n) is 3.17. The zero-order chi connectivity index (χ0) is 14.5. The molecule has 3 aromatic rings. The van der Waals surface area contributed by atoms with Gasteiger partial charge in [-0.05, 0) is 17.7 Å². The summed E-state index contributed by atoms with van der Waals surface area (Å²) in [6.07, 6.45) is 1.30. The Morgan fingerprint density at radius 2 is 1.71 bits per heavy atom. The molecule has 3 rings (SSSR count). The molecule has 0 fully saturated rings. The third kappa shape index (κ3) is 3.24. The van der Waals surface area contributed by atoms with Crippen molar-refractivity contribution in [1.82, 2.24) is 10.4 Å². The van der Waals surface area contributed by atoms with Gasteiger partial charge in [-0.2, -0.15) is 5.10 Å². The maximum absolute atomic E-state index is 6.06. The molecule has 0 aliphatic carbocycles. The van der Waals surface area contributed by atoms with E-state index in [1.165, 1.54) is 0 Å². The topological polar surface area (TPSA) is 63.3 Å². The van der Waals surface area contributed by atoms with Gasteiger partial charge in [0.2, 0.25) is 0 Å². The second-order valence-electron chi connectivity index (χ2n) is 4.70. The van der Waals surface area contributed by atoms with Gasteiger partial charge in [-0.3, -0.25) is 5.43 Å². The van der Waals surface area contributed by atoms with E-state index in [1.807, 2.05) is 66.7 Å². The SMILES string of the molecule is NC(N/N=C/c1ccccc1)c1ccc2ccccc2n1. The summed E-state index contributed by atoms with van der Waals surface area (Å²) in [4.78, 5) is 4.54. The molecule has 0 spiro atoms. The van der Waals surface area contributed by atoms with Crippen molar-refractivity contribution < 1.29 is 0 Å². The van der Waals surface area contributed by atoms with Gasteiger partial charge in [-0.15, -0.1) is 0 Å². The number of nitrogens with two attached hydrogens (primary N) is 1. The first-order valence-corrected chi connectivity index (χ1v) is 6.78. The molecule has 21 heavy (non-hydrogen) atoms. The highest BCUT2D eigenvalue weighted by atomic mass is 15.3. The molecule has 0 aliphatic rings. The first-order chi connectivity index (χ1) is 10.3. The summed E-state index contributed by atoms with van der Waals surface area (Å²) in [7, 11) is 0. The second kappa shape index (κ2) is 6.15. The molecule has 4 heteroatoms. The summed E-state index contributed by atoms with van der Waals surface area (Å²) in [5.41, 5.74) is 11.7. The lowest BCUT2D eigenvalue weighted by atomic mass is 10.2. The van der Waals surface area contributed by atoms with Crippen LogP contribution in [0.2, 0.25) is 0 Å². The number of fused-ring (bicyclic) bond motifs is 1. The van der Waals surface area contributed by atoms with E-state index in [2.05, 4.69) is 15.5 Å². The molecule has 0 amide bonds. The second-order valence-corrected chi connectivity index (χ2v) is 4.70. The van der Waals surface area contributed by atoms with Crippen molar-refractivity contribution in [2.75, 3.05) is 0 Å². The van der Waals surface area contributed by atoms with Crippen molar-refractivity contribution >= 4 is 17.1 Å². The average molecular weight is 276 g/mol. The lowest BCUT2D eigenvalue weighted by Gasteiger charge is -2.11. The molecule has 0 saturated carbocycles. The number of rotatable bonds is 4. The number of hydrogen-bond acceptors (Lipinski definition) is 4. The minimum atomic E-state index is -0.436. The highest BCUT2D eigenvalue weighted by molar-refractivity contribution is 5.79.